The van der Waals surface area contributed by atoms with E-state index in [-0.39, 0.29) is 11.4 Å². The summed E-state index contributed by atoms with van der Waals surface area (Å²) in [4.78, 5) is 11.2. The van der Waals surface area contributed by atoms with Crippen LogP contribution in [0.3, 0.4) is 0 Å². The van der Waals surface area contributed by atoms with Crippen molar-refractivity contribution in [3.63, 3.8) is 0 Å². The summed E-state index contributed by atoms with van der Waals surface area (Å²) in [6.45, 7) is 5.17. The predicted octanol–water partition coefficient (Wildman–Crippen LogP) is -0.0867. The van der Waals surface area contributed by atoms with Gasteiger partial charge in [0, 0.05) is 5.41 Å². The fourth-order valence-corrected chi connectivity index (χ4v) is 1.12. The van der Waals surface area contributed by atoms with Crippen LogP contribution in [0.15, 0.2) is 0 Å². The Kier molecular flexibility index (Phi) is 2.69. The molecule has 1 aliphatic heterocycles. The monoisotopic (exact) mass is 173 g/mol. The van der Waals surface area contributed by atoms with Crippen LogP contribution in [-0.4, -0.2) is 31.8 Å². The molecule has 0 unspecified atom stereocenters. The van der Waals surface area contributed by atoms with Crippen molar-refractivity contribution >= 4 is 5.97 Å². The highest BCUT2D eigenvalue weighted by Gasteiger charge is 2.43. The van der Waals surface area contributed by atoms with E-state index in [1.807, 2.05) is 6.92 Å². The van der Waals surface area contributed by atoms with Crippen LogP contribution < -0.4 is 5.73 Å². The molecule has 1 atom stereocenters. The van der Waals surface area contributed by atoms with Gasteiger partial charge in [0.25, 0.3) is 0 Å². The van der Waals surface area contributed by atoms with Crippen LogP contribution >= 0.6 is 0 Å². The van der Waals surface area contributed by atoms with E-state index >= 15 is 0 Å². The molecule has 4 nitrogen and oxygen atoms in total. The number of esters is 1. The molecule has 0 aromatic heterocycles. The predicted molar refractivity (Wildman–Crippen MR) is 43.5 cm³/mol. The van der Waals surface area contributed by atoms with Crippen LogP contribution in [0.1, 0.15) is 13.8 Å². The van der Waals surface area contributed by atoms with Crippen LogP contribution in [0.4, 0.5) is 0 Å². The molecule has 0 aliphatic carbocycles. The molecular weight excluding hydrogens is 158 g/mol. The van der Waals surface area contributed by atoms with Crippen molar-refractivity contribution in [1.29, 1.82) is 0 Å². The lowest BCUT2D eigenvalue weighted by Crippen LogP contribution is -2.57. The van der Waals surface area contributed by atoms with E-state index in [0.717, 1.165) is 0 Å². The summed E-state index contributed by atoms with van der Waals surface area (Å²) in [6, 6.07) is -0.550. The Morgan fingerprint density at radius 1 is 1.75 bits per heavy atom. The summed E-state index contributed by atoms with van der Waals surface area (Å²) >= 11 is 0. The molecule has 2 N–H and O–H groups in total. The van der Waals surface area contributed by atoms with E-state index in [4.69, 9.17) is 15.2 Å². The molecule has 0 aromatic carbocycles. The molecule has 70 valence electrons. The number of carbonyl (C=O) groups is 1. The first-order valence-corrected chi connectivity index (χ1v) is 4.10. The summed E-state index contributed by atoms with van der Waals surface area (Å²) in [5.41, 5.74) is 5.47. The van der Waals surface area contributed by atoms with Gasteiger partial charge in [-0.3, -0.25) is 4.79 Å². The first kappa shape index (κ1) is 9.48. The van der Waals surface area contributed by atoms with E-state index in [2.05, 4.69) is 0 Å². The molecule has 1 aliphatic rings. The van der Waals surface area contributed by atoms with Gasteiger partial charge in [-0.1, -0.05) is 6.92 Å². The number of carbonyl (C=O) groups excluding carboxylic acids is 1. The number of nitrogens with two attached hydrogens (primary N) is 1. The summed E-state index contributed by atoms with van der Waals surface area (Å²) in [5, 5.41) is 0. The van der Waals surface area contributed by atoms with Crippen LogP contribution in [0.5, 0.6) is 0 Å². The molecule has 0 saturated carbocycles. The molecule has 0 aromatic rings. The Morgan fingerprint density at radius 3 is 2.67 bits per heavy atom. The molecule has 1 fully saturated rings. The van der Waals surface area contributed by atoms with Gasteiger partial charge in [-0.05, 0) is 6.92 Å². The average Bonchev–Trinajstić information content (AvgIpc) is 1.99. The normalized spacial score (nSPS) is 22.6. The van der Waals surface area contributed by atoms with Crippen molar-refractivity contribution in [3.05, 3.63) is 0 Å². The van der Waals surface area contributed by atoms with E-state index in [1.54, 1.807) is 6.92 Å². The quantitative estimate of drug-likeness (QED) is 0.606. The minimum absolute atomic E-state index is 0.216. The second kappa shape index (κ2) is 3.41. The zero-order chi connectivity index (χ0) is 9.19. The molecule has 0 bridgehead atoms. The maximum atomic E-state index is 11.2. The minimum atomic E-state index is -0.550. The van der Waals surface area contributed by atoms with Crippen molar-refractivity contribution in [3.8, 4) is 0 Å². The Morgan fingerprint density at radius 2 is 2.33 bits per heavy atom. The van der Waals surface area contributed by atoms with Crippen molar-refractivity contribution in [2.75, 3.05) is 19.8 Å². The Balaban J connectivity index is 2.45. The lowest BCUT2D eigenvalue weighted by Gasteiger charge is -2.41. The number of hydrogen-bond donors (Lipinski definition) is 1. The molecular formula is C8H15NO3. The SMILES string of the molecule is CCOC(=O)[C@H](N)C1(C)COC1. The van der Waals surface area contributed by atoms with Crippen molar-refractivity contribution < 1.29 is 14.3 Å². The molecule has 4 heteroatoms. The van der Waals surface area contributed by atoms with Gasteiger partial charge in [-0.2, -0.15) is 0 Å². The molecule has 1 saturated heterocycles. The number of hydrogen-bond acceptors (Lipinski definition) is 4. The van der Waals surface area contributed by atoms with Gasteiger partial charge in [-0.15, -0.1) is 0 Å². The summed E-state index contributed by atoms with van der Waals surface area (Å²) in [7, 11) is 0. The third kappa shape index (κ3) is 1.59. The highest BCUT2D eigenvalue weighted by atomic mass is 16.5. The van der Waals surface area contributed by atoms with Crippen molar-refractivity contribution in [2.24, 2.45) is 11.1 Å². The van der Waals surface area contributed by atoms with Gasteiger partial charge in [0.1, 0.15) is 6.04 Å². The number of rotatable bonds is 3. The van der Waals surface area contributed by atoms with Crippen LogP contribution in [0.25, 0.3) is 0 Å². The molecule has 1 rings (SSSR count). The molecule has 0 spiro atoms. The van der Waals surface area contributed by atoms with E-state index < -0.39 is 6.04 Å². The largest absolute Gasteiger partial charge is 0.465 e. The minimum Gasteiger partial charge on any atom is -0.465 e. The van der Waals surface area contributed by atoms with Crippen LogP contribution in [0, 0.1) is 5.41 Å². The van der Waals surface area contributed by atoms with Gasteiger partial charge < -0.3 is 15.2 Å². The fraction of sp³-hybridized carbons (Fsp3) is 0.875. The van der Waals surface area contributed by atoms with Gasteiger partial charge in [0.15, 0.2) is 0 Å². The molecule has 0 radical (unpaired) electrons. The standard InChI is InChI=1S/C8H15NO3/c1-3-12-7(10)6(9)8(2)4-11-5-8/h6H,3-5,9H2,1-2H3/t6-/m0/s1. The smallest absolute Gasteiger partial charge is 0.323 e. The first-order valence-electron chi connectivity index (χ1n) is 4.10. The van der Waals surface area contributed by atoms with Crippen molar-refractivity contribution in [1.82, 2.24) is 0 Å². The second-order valence-electron chi connectivity index (χ2n) is 3.38. The van der Waals surface area contributed by atoms with Gasteiger partial charge in [0.2, 0.25) is 0 Å². The maximum Gasteiger partial charge on any atom is 0.323 e. The first-order chi connectivity index (χ1) is 5.60. The van der Waals surface area contributed by atoms with E-state index in [9.17, 15) is 4.79 Å². The maximum absolute atomic E-state index is 11.2. The summed E-state index contributed by atoms with van der Waals surface area (Å²) < 4.78 is 9.81. The van der Waals surface area contributed by atoms with Crippen molar-refractivity contribution in [2.45, 2.75) is 19.9 Å². The van der Waals surface area contributed by atoms with Gasteiger partial charge >= 0.3 is 5.97 Å². The van der Waals surface area contributed by atoms with E-state index in [0.29, 0.717) is 19.8 Å². The lowest BCUT2D eigenvalue weighted by atomic mass is 9.81. The zero-order valence-electron chi connectivity index (χ0n) is 7.50. The fourth-order valence-electron chi connectivity index (χ4n) is 1.12. The summed E-state index contributed by atoms with van der Waals surface area (Å²) in [6.07, 6.45) is 0. The van der Waals surface area contributed by atoms with Gasteiger partial charge in [0.05, 0.1) is 19.8 Å². The van der Waals surface area contributed by atoms with Crippen LogP contribution in [-0.2, 0) is 14.3 Å². The second-order valence-corrected chi connectivity index (χ2v) is 3.38. The topological polar surface area (TPSA) is 61.5 Å². The molecule has 1 heterocycles. The van der Waals surface area contributed by atoms with Crippen LogP contribution in [0.2, 0.25) is 0 Å². The highest BCUT2D eigenvalue weighted by molar-refractivity contribution is 5.76. The molecule has 0 amide bonds. The highest BCUT2D eigenvalue weighted by Crippen LogP contribution is 2.29. The third-order valence-corrected chi connectivity index (χ3v) is 2.15. The van der Waals surface area contributed by atoms with E-state index in [1.165, 1.54) is 0 Å². The molecule has 12 heavy (non-hydrogen) atoms. The Hall–Kier alpha value is -0.610. The van der Waals surface area contributed by atoms with Gasteiger partial charge in [-0.25, -0.2) is 0 Å². The Labute approximate surface area is 72.0 Å². The zero-order valence-corrected chi connectivity index (χ0v) is 7.50. The Bertz CT molecular complexity index is 177. The third-order valence-electron chi connectivity index (χ3n) is 2.15. The lowest BCUT2D eigenvalue weighted by molar-refractivity contribution is -0.163. The number of ether oxygens (including phenoxy) is 2. The average molecular weight is 173 g/mol. The summed E-state index contributed by atoms with van der Waals surface area (Å²) in [5.74, 6) is -0.330.